The molecule has 0 spiro atoms. The molecule has 5 heteroatoms. The van der Waals surface area contributed by atoms with Gasteiger partial charge in [-0.15, -0.1) is 0 Å². The minimum atomic E-state index is -0.241. The number of fused-ring (bicyclic) bond motifs is 3. The lowest BCUT2D eigenvalue weighted by Crippen LogP contribution is -2.31. The second-order valence-electron chi connectivity index (χ2n) is 10.8. The number of para-hydroxylation sites is 1. The zero-order valence-electron chi connectivity index (χ0n) is 22.7. The quantitative estimate of drug-likeness (QED) is 0.248. The molecule has 0 fully saturated rings. The Kier molecular flexibility index (Phi) is 5.58. The van der Waals surface area contributed by atoms with E-state index in [1.54, 1.807) is 6.07 Å². The van der Waals surface area contributed by atoms with E-state index in [0.29, 0.717) is 11.2 Å². The van der Waals surface area contributed by atoms with Gasteiger partial charge in [0.1, 0.15) is 17.4 Å². The van der Waals surface area contributed by atoms with Crippen LogP contribution in [-0.2, 0) is 5.41 Å². The van der Waals surface area contributed by atoms with Crippen LogP contribution in [0.5, 0.6) is 5.75 Å². The van der Waals surface area contributed by atoms with Gasteiger partial charge in [-0.2, -0.15) is 5.26 Å². The number of aromatic nitrogens is 2. The summed E-state index contributed by atoms with van der Waals surface area (Å²) in [6.07, 6.45) is 1.87. The summed E-state index contributed by atoms with van der Waals surface area (Å²) in [5.41, 5.74) is 8.76. The average molecular weight is 531 g/mol. The Hall–Kier alpha value is -5.47. The molecule has 6 aromatic rings. The highest BCUT2D eigenvalue weighted by molar-refractivity contribution is 5.91. The molecule has 1 N–H and O–H groups in total. The third kappa shape index (κ3) is 3.92. The van der Waals surface area contributed by atoms with Crippen molar-refractivity contribution in [3.63, 3.8) is 0 Å². The Morgan fingerprint density at radius 2 is 1.49 bits per heavy atom. The van der Waals surface area contributed by atoms with E-state index >= 15 is 0 Å². The van der Waals surface area contributed by atoms with E-state index in [2.05, 4.69) is 79.4 Å². The summed E-state index contributed by atoms with van der Waals surface area (Å²) in [6.45, 7) is 4.51. The molecule has 7 rings (SSSR count). The van der Waals surface area contributed by atoms with Crippen molar-refractivity contribution >= 4 is 28.1 Å². The number of phenolic OH excluding ortho intramolecular Hbond substituents is 1. The molecule has 0 aliphatic carbocycles. The minimum absolute atomic E-state index is 0.0941. The van der Waals surface area contributed by atoms with Crippen LogP contribution < -0.4 is 4.90 Å². The van der Waals surface area contributed by atoms with E-state index in [1.165, 1.54) is 11.1 Å². The maximum absolute atomic E-state index is 10.7. The van der Waals surface area contributed by atoms with E-state index in [0.717, 1.165) is 39.3 Å². The standard InChI is InChI=1S/C36H26N4O/c1-36(2)28-10-6-7-11-31(28)40(33-21-25(18-19-38-33)23-8-4-3-5-9-23)32-20-26(14-16-29(32)36)30-17-15-24-12-13-27(22-37)35(41)34(24)39-30/h3-21,41H,1-2H3. The molecule has 3 heterocycles. The number of nitrogens with zero attached hydrogens (tertiary/aromatic N) is 4. The van der Waals surface area contributed by atoms with E-state index in [9.17, 15) is 10.4 Å². The van der Waals surface area contributed by atoms with Gasteiger partial charge >= 0.3 is 0 Å². The van der Waals surface area contributed by atoms with Gasteiger partial charge in [-0.3, -0.25) is 4.90 Å². The van der Waals surface area contributed by atoms with Crippen molar-refractivity contribution < 1.29 is 5.11 Å². The highest BCUT2D eigenvalue weighted by atomic mass is 16.3. The zero-order valence-corrected chi connectivity index (χ0v) is 22.7. The van der Waals surface area contributed by atoms with Gasteiger partial charge in [0.2, 0.25) is 0 Å². The Balaban J connectivity index is 1.44. The highest BCUT2D eigenvalue weighted by Crippen LogP contribution is 2.52. The van der Waals surface area contributed by atoms with Gasteiger partial charge < -0.3 is 5.11 Å². The van der Waals surface area contributed by atoms with Crippen LogP contribution in [0.15, 0.2) is 115 Å². The fourth-order valence-corrected chi connectivity index (χ4v) is 5.90. The molecule has 0 atom stereocenters. The first-order valence-electron chi connectivity index (χ1n) is 13.5. The number of pyridine rings is 2. The fraction of sp³-hybridized carbons (Fsp3) is 0.0833. The third-order valence-corrected chi connectivity index (χ3v) is 8.06. The van der Waals surface area contributed by atoms with Gasteiger partial charge in [0.05, 0.1) is 22.6 Å². The fourth-order valence-electron chi connectivity index (χ4n) is 5.90. The molecule has 0 radical (unpaired) electrons. The number of anilines is 3. The number of nitriles is 1. The normalized spacial score (nSPS) is 13.3. The molecule has 5 nitrogen and oxygen atoms in total. The topological polar surface area (TPSA) is 73.0 Å². The van der Waals surface area contributed by atoms with Gasteiger partial charge in [0.15, 0.2) is 5.75 Å². The smallest absolute Gasteiger partial charge is 0.159 e. The van der Waals surface area contributed by atoms with E-state index in [-0.39, 0.29) is 16.7 Å². The largest absolute Gasteiger partial charge is 0.504 e. The minimum Gasteiger partial charge on any atom is -0.504 e. The summed E-state index contributed by atoms with van der Waals surface area (Å²) in [6, 6.07) is 38.8. The van der Waals surface area contributed by atoms with Crippen LogP contribution in [0, 0.1) is 11.3 Å². The third-order valence-electron chi connectivity index (χ3n) is 8.06. The maximum Gasteiger partial charge on any atom is 0.159 e. The van der Waals surface area contributed by atoms with Crippen LogP contribution in [0.4, 0.5) is 17.2 Å². The molecule has 0 saturated heterocycles. The van der Waals surface area contributed by atoms with Gasteiger partial charge in [0.25, 0.3) is 0 Å². The predicted molar refractivity (Wildman–Crippen MR) is 164 cm³/mol. The summed E-state index contributed by atoms with van der Waals surface area (Å²) in [5, 5.41) is 20.9. The molecular formula is C36H26N4O. The average Bonchev–Trinajstić information content (AvgIpc) is 3.02. The number of hydrogen-bond acceptors (Lipinski definition) is 5. The van der Waals surface area contributed by atoms with Crippen molar-refractivity contribution in [3.05, 3.63) is 132 Å². The number of hydrogen-bond donors (Lipinski definition) is 1. The second kappa shape index (κ2) is 9.32. The summed E-state index contributed by atoms with van der Waals surface area (Å²) in [7, 11) is 0. The van der Waals surface area contributed by atoms with Gasteiger partial charge in [-0.25, -0.2) is 9.97 Å². The van der Waals surface area contributed by atoms with E-state index in [1.807, 2.05) is 54.7 Å². The van der Waals surface area contributed by atoms with Crippen LogP contribution in [0.2, 0.25) is 0 Å². The molecule has 0 bridgehead atoms. The second-order valence-corrected chi connectivity index (χ2v) is 10.8. The molecular weight excluding hydrogens is 504 g/mol. The highest BCUT2D eigenvalue weighted by Gasteiger charge is 2.37. The SMILES string of the molecule is CC1(C)c2ccccc2N(c2cc(-c3ccccc3)ccn2)c2cc(-c3ccc4ccc(C#N)c(O)c4n3)ccc21. The first-order chi connectivity index (χ1) is 20.0. The number of rotatable bonds is 3. The summed E-state index contributed by atoms with van der Waals surface area (Å²) in [4.78, 5) is 11.9. The van der Waals surface area contributed by atoms with Crippen molar-refractivity contribution in [1.29, 1.82) is 5.26 Å². The maximum atomic E-state index is 10.7. The summed E-state index contributed by atoms with van der Waals surface area (Å²) >= 11 is 0. The Labute approximate surface area is 238 Å². The Bertz CT molecular complexity index is 2010. The van der Waals surface area contributed by atoms with Gasteiger partial charge in [-0.05, 0) is 58.7 Å². The first-order valence-corrected chi connectivity index (χ1v) is 13.5. The molecule has 1 aliphatic heterocycles. The molecule has 1 aliphatic rings. The van der Waals surface area contributed by atoms with Crippen molar-refractivity contribution in [1.82, 2.24) is 9.97 Å². The predicted octanol–water partition coefficient (Wildman–Crippen LogP) is 8.65. The number of phenols is 1. The van der Waals surface area contributed by atoms with Crippen LogP contribution in [0.3, 0.4) is 0 Å². The van der Waals surface area contributed by atoms with Crippen molar-refractivity contribution in [2.45, 2.75) is 19.3 Å². The summed E-state index contributed by atoms with van der Waals surface area (Å²) in [5.74, 6) is 0.735. The first kappa shape index (κ1) is 24.6. The molecule has 4 aromatic carbocycles. The van der Waals surface area contributed by atoms with E-state index in [4.69, 9.17) is 9.97 Å². The van der Waals surface area contributed by atoms with Crippen LogP contribution in [0.25, 0.3) is 33.3 Å². The molecule has 41 heavy (non-hydrogen) atoms. The Morgan fingerprint density at radius 1 is 0.732 bits per heavy atom. The number of benzene rings is 4. The van der Waals surface area contributed by atoms with Crippen molar-refractivity contribution in [3.8, 4) is 34.2 Å². The lowest BCUT2D eigenvalue weighted by Gasteiger charge is -2.41. The lowest BCUT2D eigenvalue weighted by molar-refractivity contribution is 0.478. The van der Waals surface area contributed by atoms with Gasteiger partial charge in [0, 0.05) is 22.6 Å². The molecule has 2 aromatic heterocycles. The zero-order chi connectivity index (χ0) is 28.1. The number of aromatic hydroxyl groups is 1. The van der Waals surface area contributed by atoms with Crippen LogP contribution in [0.1, 0.15) is 30.5 Å². The Morgan fingerprint density at radius 3 is 2.32 bits per heavy atom. The van der Waals surface area contributed by atoms with Crippen molar-refractivity contribution in [2.75, 3.05) is 4.90 Å². The molecule has 0 unspecified atom stereocenters. The summed E-state index contributed by atoms with van der Waals surface area (Å²) < 4.78 is 0. The molecule has 0 saturated carbocycles. The van der Waals surface area contributed by atoms with Crippen LogP contribution in [-0.4, -0.2) is 15.1 Å². The van der Waals surface area contributed by atoms with Gasteiger partial charge in [-0.1, -0.05) is 86.6 Å². The monoisotopic (exact) mass is 530 g/mol. The lowest BCUT2D eigenvalue weighted by atomic mass is 9.73. The molecule has 196 valence electrons. The van der Waals surface area contributed by atoms with Crippen molar-refractivity contribution in [2.24, 2.45) is 0 Å². The van der Waals surface area contributed by atoms with E-state index < -0.39 is 0 Å². The van der Waals surface area contributed by atoms with Crippen LogP contribution >= 0.6 is 0 Å². The molecule has 0 amide bonds.